The number of carbonyl (C=O) groups excluding carboxylic acids is 2. The second kappa shape index (κ2) is 10.1. The SMILES string of the molecule is C=CC(=O)Nc1cccc(-c2ccc(-c3ccc(C(=O)Cc4ccccn4)cc3)c3cncnc23)c1. The van der Waals surface area contributed by atoms with Gasteiger partial charge in [0, 0.05) is 40.3 Å². The number of anilines is 1. The van der Waals surface area contributed by atoms with Crippen molar-refractivity contribution >= 4 is 28.3 Å². The highest BCUT2D eigenvalue weighted by atomic mass is 16.1. The fraction of sp³-hybridized carbons (Fsp3) is 0.0333. The monoisotopic (exact) mass is 470 g/mol. The highest BCUT2D eigenvalue weighted by Gasteiger charge is 2.13. The Hall–Kier alpha value is -4.97. The molecule has 36 heavy (non-hydrogen) atoms. The molecule has 0 saturated heterocycles. The van der Waals surface area contributed by atoms with Gasteiger partial charge in [-0.15, -0.1) is 0 Å². The van der Waals surface area contributed by atoms with E-state index in [2.05, 4.69) is 26.8 Å². The molecular weight excluding hydrogens is 448 g/mol. The maximum Gasteiger partial charge on any atom is 0.247 e. The third-order valence-electron chi connectivity index (χ3n) is 5.89. The lowest BCUT2D eigenvalue weighted by molar-refractivity contribution is -0.111. The molecule has 174 valence electrons. The first-order valence-corrected chi connectivity index (χ1v) is 11.4. The lowest BCUT2D eigenvalue weighted by atomic mass is 9.94. The summed E-state index contributed by atoms with van der Waals surface area (Å²) < 4.78 is 0. The number of pyridine rings is 1. The molecule has 0 bridgehead atoms. The van der Waals surface area contributed by atoms with Gasteiger partial charge in [-0.3, -0.25) is 14.6 Å². The van der Waals surface area contributed by atoms with Crippen molar-refractivity contribution in [1.29, 1.82) is 0 Å². The van der Waals surface area contributed by atoms with Crippen molar-refractivity contribution in [2.45, 2.75) is 6.42 Å². The topological polar surface area (TPSA) is 84.8 Å². The summed E-state index contributed by atoms with van der Waals surface area (Å²) >= 11 is 0. The summed E-state index contributed by atoms with van der Waals surface area (Å²) in [5.74, 6) is -0.246. The Balaban J connectivity index is 1.47. The summed E-state index contributed by atoms with van der Waals surface area (Å²) in [6.07, 6.45) is 6.51. The molecule has 6 heteroatoms. The molecule has 0 aliphatic rings. The molecule has 1 N–H and O–H groups in total. The number of hydrogen-bond acceptors (Lipinski definition) is 5. The van der Waals surface area contributed by atoms with Crippen LogP contribution in [-0.4, -0.2) is 26.6 Å². The first-order valence-electron chi connectivity index (χ1n) is 11.4. The van der Waals surface area contributed by atoms with E-state index >= 15 is 0 Å². The second-order valence-corrected chi connectivity index (χ2v) is 8.22. The molecule has 5 aromatic rings. The first kappa shape index (κ1) is 22.8. The second-order valence-electron chi connectivity index (χ2n) is 8.22. The number of fused-ring (bicyclic) bond motifs is 1. The number of Topliss-reactive ketones (excluding diaryl/α,β-unsaturated/α-hetero) is 1. The fourth-order valence-corrected chi connectivity index (χ4v) is 4.12. The fourth-order valence-electron chi connectivity index (χ4n) is 4.12. The van der Waals surface area contributed by atoms with Crippen LogP contribution in [0.5, 0.6) is 0 Å². The molecule has 2 aromatic heterocycles. The molecule has 0 aliphatic heterocycles. The van der Waals surface area contributed by atoms with Gasteiger partial charge in [0.2, 0.25) is 5.91 Å². The van der Waals surface area contributed by atoms with E-state index in [1.165, 1.54) is 12.4 Å². The average molecular weight is 471 g/mol. The zero-order valence-electron chi connectivity index (χ0n) is 19.4. The van der Waals surface area contributed by atoms with Crippen LogP contribution in [-0.2, 0) is 11.2 Å². The molecule has 0 spiro atoms. The molecule has 0 unspecified atom stereocenters. The van der Waals surface area contributed by atoms with Gasteiger partial charge >= 0.3 is 0 Å². The number of aromatic nitrogens is 3. The molecule has 5 rings (SSSR count). The van der Waals surface area contributed by atoms with E-state index in [1.807, 2.05) is 78.9 Å². The molecule has 0 fully saturated rings. The first-order chi connectivity index (χ1) is 17.6. The van der Waals surface area contributed by atoms with Gasteiger partial charge in [-0.05, 0) is 47.0 Å². The average Bonchev–Trinajstić information content (AvgIpc) is 2.93. The number of carbonyl (C=O) groups is 2. The smallest absolute Gasteiger partial charge is 0.247 e. The Kier molecular flexibility index (Phi) is 6.40. The number of nitrogens with zero attached hydrogens (tertiary/aromatic N) is 3. The van der Waals surface area contributed by atoms with Crippen LogP contribution >= 0.6 is 0 Å². The van der Waals surface area contributed by atoms with E-state index in [0.29, 0.717) is 11.3 Å². The van der Waals surface area contributed by atoms with E-state index in [4.69, 9.17) is 0 Å². The molecule has 1 amide bonds. The summed E-state index contributed by atoms with van der Waals surface area (Å²) in [5, 5.41) is 3.69. The number of ketones is 1. The van der Waals surface area contributed by atoms with Gasteiger partial charge in [-0.1, -0.05) is 61.2 Å². The van der Waals surface area contributed by atoms with Crippen LogP contribution in [0.15, 0.2) is 110 Å². The molecule has 6 nitrogen and oxygen atoms in total. The zero-order chi connectivity index (χ0) is 24.9. The number of nitrogens with one attached hydrogen (secondary N) is 1. The van der Waals surface area contributed by atoms with Crippen molar-refractivity contribution in [3.63, 3.8) is 0 Å². The number of rotatable bonds is 7. The van der Waals surface area contributed by atoms with Crippen molar-refractivity contribution in [1.82, 2.24) is 15.0 Å². The lowest BCUT2D eigenvalue weighted by Crippen LogP contribution is -2.07. The predicted molar refractivity (Wildman–Crippen MR) is 142 cm³/mol. The quantitative estimate of drug-likeness (QED) is 0.236. The Morgan fingerprint density at radius 1 is 0.861 bits per heavy atom. The Morgan fingerprint density at radius 3 is 2.47 bits per heavy atom. The Labute approximate surface area is 208 Å². The molecule has 0 atom stereocenters. The van der Waals surface area contributed by atoms with E-state index in [9.17, 15) is 9.59 Å². The third-order valence-corrected chi connectivity index (χ3v) is 5.89. The van der Waals surface area contributed by atoms with E-state index in [-0.39, 0.29) is 18.1 Å². The van der Waals surface area contributed by atoms with Gasteiger partial charge in [-0.25, -0.2) is 9.97 Å². The van der Waals surface area contributed by atoms with E-state index in [1.54, 1.807) is 12.4 Å². The summed E-state index contributed by atoms with van der Waals surface area (Å²) in [5.41, 5.74) is 6.63. The van der Waals surface area contributed by atoms with Crippen LogP contribution in [0, 0.1) is 0 Å². The van der Waals surface area contributed by atoms with Crippen molar-refractivity contribution in [3.05, 3.63) is 121 Å². The third kappa shape index (κ3) is 4.79. The minimum absolute atomic E-state index is 0.0206. The summed E-state index contributed by atoms with van der Waals surface area (Å²) in [6, 6.07) is 24.8. The Morgan fingerprint density at radius 2 is 1.69 bits per heavy atom. The van der Waals surface area contributed by atoms with Crippen LogP contribution in [0.2, 0.25) is 0 Å². The highest BCUT2D eigenvalue weighted by Crippen LogP contribution is 2.35. The van der Waals surface area contributed by atoms with Crippen LogP contribution < -0.4 is 5.32 Å². The van der Waals surface area contributed by atoms with Crippen LogP contribution in [0.3, 0.4) is 0 Å². The van der Waals surface area contributed by atoms with Gasteiger partial charge in [0.25, 0.3) is 0 Å². The highest BCUT2D eigenvalue weighted by molar-refractivity contribution is 6.04. The van der Waals surface area contributed by atoms with E-state index < -0.39 is 0 Å². The maximum absolute atomic E-state index is 12.7. The molecule has 3 aromatic carbocycles. The molecule has 2 heterocycles. The largest absolute Gasteiger partial charge is 0.323 e. The van der Waals surface area contributed by atoms with Gasteiger partial charge < -0.3 is 5.32 Å². The lowest BCUT2D eigenvalue weighted by Gasteiger charge is -2.12. The Bertz CT molecular complexity index is 1580. The number of amides is 1. The summed E-state index contributed by atoms with van der Waals surface area (Å²) in [4.78, 5) is 37.5. The van der Waals surface area contributed by atoms with Crippen molar-refractivity contribution in [2.24, 2.45) is 0 Å². The minimum atomic E-state index is -0.267. The van der Waals surface area contributed by atoms with Gasteiger partial charge in [0.15, 0.2) is 5.78 Å². The number of hydrogen-bond donors (Lipinski definition) is 1. The van der Waals surface area contributed by atoms with Crippen LogP contribution in [0.1, 0.15) is 16.1 Å². The standard InChI is InChI=1S/C30H22N4O2/c1-2-29(36)34-24-8-5-6-22(16-24)26-14-13-25(27-18-31-19-33-30(26)27)20-9-11-21(12-10-20)28(35)17-23-7-3-4-15-32-23/h2-16,18-19H,1,17H2,(H,34,36). The number of benzene rings is 3. The van der Waals surface area contributed by atoms with Crippen LogP contribution in [0.25, 0.3) is 33.2 Å². The van der Waals surface area contributed by atoms with Gasteiger partial charge in [0.05, 0.1) is 11.9 Å². The van der Waals surface area contributed by atoms with Crippen LogP contribution in [0.4, 0.5) is 5.69 Å². The summed E-state index contributed by atoms with van der Waals surface area (Å²) in [6.45, 7) is 3.50. The predicted octanol–water partition coefficient (Wildman–Crippen LogP) is 5.91. The summed E-state index contributed by atoms with van der Waals surface area (Å²) in [7, 11) is 0. The zero-order valence-corrected chi connectivity index (χ0v) is 19.4. The van der Waals surface area contributed by atoms with Crippen molar-refractivity contribution < 1.29 is 9.59 Å². The van der Waals surface area contributed by atoms with Crippen molar-refractivity contribution in [2.75, 3.05) is 5.32 Å². The maximum atomic E-state index is 12.7. The van der Waals surface area contributed by atoms with Gasteiger partial charge in [0.1, 0.15) is 6.33 Å². The molecular formula is C30H22N4O2. The molecule has 0 aliphatic carbocycles. The normalized spacial score (nSPS) is 10.7. The molecule has 0 radical (unpaired) electrons. The van der Waals surface area contributed by atoms with E-state index in [0.717, 1.165) is 38.9 Å². The molecule has 0 saturated carbocycles. The van der Waals surface area contributed by atoms with Crippen molar-refractivity contribution in [3.8, 4) is 22.3 Å². The van der Waals surface area contributed by atoms with Gasteiger partial charge in [-0.2, -0.15) is 0 Å². The minimum Gasteiger partial charge on any atom is -0.323 e.